The van der Waals surface area contributed by atoms with Gasteiger partial charge in [0, 0.05) is 24.2 Å². The smallest absolute Gasteiger partial charge is 0.406 e. The van der Waals surface area contributed by atoms with Gasteiger partial charge < -0.3 is 15.4 Å². The van der Waals surface area contributed by atoms with Crippen LogP contribution in [0.2, 0.25) is 0 Å². The molecule has 10 heteroatoms. The molecule has 2 aromatic rings. The number of amides is 1. The number of thioether (sulfide) groups is 1. The monoisotopic (exact) mass is 497 g/mol. The third-order valence-corrected chi connectivity index (χ3v) is 6.86. The number of benzene rings is 1. The topological polar surface area (TPSA) is 68.5 Å². The molecule has 1 aromatic carbocycles. The highest BCUT2D eigenvalue weighted by Gasteiger charge is 2.31. The fourth-order valence-electron chi connectivity index (χ4n) is 3.80. The molecule has 1 saturated heterocycles. The fraction of sp³-hybridized carbons (Fsp3) is 0.435. The van der Waals surface area contributed by atoms with Gasteiger partial charge in [0.1, 0.15) is 10.7 Å². The second kappa shape index (κ2) is 10.7. The van der Waals surface area contributed by atoms with E-state index in [0.29, 0.717) is 47.1 Å². The molecule has 0 bridgehead atoms. The van der Waals surface area contributed by atoms with Crippen molar-refractivity contribution >= 4 is 34.9 Å². The lowest BCUT2D eigenvalue weighted by molar-refractivity contribution is -0.274. The van der Waals surface area contributed by atoms with Gasteiger partial charge in [0.05, 0.1) is 17.0 Å². The summed E-state index contributed by atoms with van der Waals surface area (Å²) in [5.74, 6) is 2.38. The van der Waals surface area contributed by atoms with Crippen LogP contribution in [0.15, 0.2) is 30.3 Å². The molecule has 0 radical (unpaired) electrons. The number of pyridine rings is 1. The van der Waals surface area contributed by atoms with Gasteiger partial charge in [-0.2, -0.15) is 11.8 Å². The van der Waals surface area contributed by atoms with E-state index in [1.807, 2.05) is 16.7 Å². The molecule has 1 aromatic heterocycles. The lowest BCUT2D eigenvalue weighted by atomic mass is 9.97. The van der Waals surface area contributed by atoms with Crippen molar-refractivity contribution < 1.29 is 22.7 Å². The molecule has 1 amide bonds. The molecule has 1 aliphatic heterocycles. The summed E-state index contributed by atoms with van der Waals surface area (Å²) in [6, 6.07) is 6.93. The zero-order valence-corrected chi connectivity index (χ0v) is 20.1. The van der Waals surface area contributed by atoms with E-state index in [9.17, 15) is 18.0 Å². The predicted octanol–water partition coefficient (Wildman–Crippen LogP) is 5.20. The van der Waals surface area contributed by atoms with Gasteiger partial charge in [0.2, 0.25) is 0 Å². The summed E-state index contributed by atoms with van der Waals surface area (Å²) in [4.78, 5) is 19.7. The maximum absolute atomic E-state index is 13.2. The van der Waals surface area contributed by atoms with E-state index in [2.05, 4.69) is 16.6 Å². The number of carbonyl (C=O) groups is 1. The molecular formula is C23H26F3N3O2S2. The molecule has 33 heavy (non-hydrogen) atoms. The number of ether oxygens (including phenoxy) is 1. The summed E-state index contributed by atoms with van der Waals surface area (Å²) in [5, 5.41) is 0. The minimum atomic E-state index is -4.77. The van der Waals surface area contributed by atoms with Gasteiger partial charge in [-0.25, -0.2) is 0 Å². The average Bonchev–Trinajstić information content (AvgIpc) is 2.76. The normalized spacial score (nSPS) is 14.9. The average molecular weight is 498 g/mol. The molecule has 178 valence electrons. The number of rotatable bonds is 7. The van der Waals surface area contributed by atoms with Crippen molar-refractivity contribution in [3.8, 4) is 17.0 Å². The molecule has 2 N–H and O–H groups in total. The Bertz CT molecular complexity index is 1010. The standard InChI is InChI=1S/C23H26F3N3O2S2/c1-3-33-13-15-8-10-29(11-9-15)22(30)18-12-19(21(27)32)20(28-14(18)2)16-4-6-17(7-5-16)31-23(24,25)26/h4-7,12,15H,3,8-11,13H2,1-2H3,(H2,27,32). The summed E-state index contributed by atoms with van der Waals surface area (Å²) in [6.07, 6.45) is -2.83. The maximum atomic E-state index is 13.2. The van der Waals surface area contributed by atoms with Crippen LogP contribution in [0.25, 0.3) is 11.3 Å². The van der Waals surface area contributed by atoms with Crippen LogP contribution >= 0.6 is 24.0 Å². The van der Waals surface area contributed by atoms with Gasteiger partial charge in [0.25, 0.3) is 5.91 Å². The number of aromatic nitrogens is 1. The van der Waals surface area contributed by atoms with Crippen molar-refractivity contribution in [1.82, 2.24) is 9.88 Å². The lowest BCUT2D eigenvalue weighted by Gasteiger charge is -2.32. The number of halogens is 3. The van der Waals surface area contributed by atoms with Crippen LogP contribution in [0.4, 0.5) is 13.2 Å². The summed E-state index contributed by atoms with van der Waals surface area (Å²) in [5.41, 5.74) is 8.18. The van der Waals surface area contributed by atoms with Crippen LogP contribution in [0.3, 0.4) is 0 Å². The second-order valence-corrected chi connectivity index (χ2v) is 9.61. The number of hydrogen-bond donors (Lipinski definition) is 1. The zero-order chi connectivity index (χ0) is 24.2. The molecule has 3 rings (SSSR count). The molecule has 0 aliphatic carbocycles. The van der Waals surface area contributed by atoms with Crippen LogP contribution in [-0.4, -0.2) is 51.7 Å². The number of hydrogen-bond acceptors (Lipinski definition) is 5. The van der Waals surface area contributed by atoms with Gasteiger partial charge in [-0.15, -0.1) is 13.2 Å². The molecule has 1 aliphatic rings. The number of carbonyl (C=O) groups excluding carboxylic acids is 1. The quantitative estimate of drug-likeness (QED) is 0.531. The molecule has 2 heterocycles. The van der Waals surface area contributed by atoms with Crippen molar-refractivity contribution in [1.29, 1.82) is 0 Å². The molecule has 0 saturated carbocycles. The Kier molecular flexibility index (Phi) is 8.23. The first-order valence-corrected chi connectivity index (χ1v) is 12.2. The number of alkyl halides is 3. The third kappa shape index (κ3) is 6.60. The number of aryl methyl sites for hydroxylation is 1. The first-order valence-electron chi connectivity index (χ1n) is 10.6. The van der Waals surface area contributed by atoms with Crippen LogP contribution in [-0.2, 0) is 0 Å². The van der Waals surface area contributed by atoms with Gasteiger partial charge in [-0.1, -0.05) is 19.1 Å². The van der Waals surface area contributed by atoms with Crippen molar-refractivity contribution in [2.24, 2.45) is 11.7 Å². The summed E-state index contributed by atoms with van der Waals surface area (Å²) in [6.45, 7) is 5.26. The first kappa shape index (κ1) is 25.3. The Morgan fingerprint density at radius 3 is 2.42 bits per heavy atom. The van der Waals surface area contributed by atoms with E-state index < -0.39 is 6.36 Å². The molecule has 0 atom stereocenters. The molecule has 0 spiro atoms. The largest absolute Gasteiger partial charge is 0.573 e. The van der Waals surface area contributed by atoms with Gasteiger partial charge >= 0.3 is 6.36 Å². The molecule has 1 fully saturated rings. The van der Waals surface area contributed by atoms with Crippen LogP contribution in [0.1, 0.15) is 41.4 Å². The van der Waals surface area contributed by atoms with Crippen molar-refractivity contribution in [2.75, 3.05) is 24.6 Å². The van der Waals surface area contributed by atoms with Gasteiger partial charge in [-0.05, 0) is 67.5 Å². The van der Waals surface area contributed by atoms with Crippen LogP contribution in [0.5, 0.6) is 5.75 Å². The minimum Gasteiger partial charge on any atom is -0.406 e. The Morgan fingerprint density at radius 1 is 1.24 bits per heavy atom. The Labute approximate surface area is 200 Å². The van der Waals surface area contributed by atoms with Gasteiger partial charge in [0.15, 0.2) is 0 Å². The Balaban J connectivity index is 1.83. The minimum absolute atomic E-state index is 0.0532. The molecule has 5 nitrogen and oxygen atoms in total. The Hall–Kier alpha value is -2.33. The highest BCUT2D eigenvalue weighted by molar-refractivity contribution is 7.99. The van der Waals surface area contributed by atoms with E-state index >= 15 is 0 Å². The van der Waals surface area contributed by atoms with Crippen LogP contribution in [0, 0.1) is 12.8 Å². The first-order chi connectivity index (χ1) is 15.6. The third-order valence-electron chi connectivity index (χ3n) is 5.53. The van der Waals surface area contributed by atoms with Crippen molar-refractivity contribution in [3.63, 3.8) is 0 Å². The molecule has 0 unspecified atom stereocenters. The fourth-order valence-corrected chi connectivity index (χ4v) is 4.86. The van der Waals surface area contributed by atoms with E-state index in [-0.39, 0.29) is 16.6 Å². The van der Waals surface area contributed by atoms with E-state index in [1.54, 1.807) is 13.0 Å². The predicted molar refractivity (Wildman–Crippen MR) is 129 cm³/mol. The maximum Gasteiger partial charge on any atom is 0.573 e. The van der Waals surface area contributed by atoms with E-state index in [1.165, 1.54) is 24.3 Å². The SMILES string of the molecule is CCSCC1CCN(C(=O)c2cc(C(N)=S)c(-c3ccc(OC(F)(F)F)cc3)nc2C)CC1. The van der Waals surface area contributed by atoms with Crippen molar-refractivity contribution in [3.05, 3.63) is 47.2 Å². The molecular weight excluding hydrogens is 471 g/mol. The second-order valence-electron chi connectivity index (χ2n) is 7.85. The number of likely N-dealkylation sites (tertiary alicyclic amines) is 1. The highest BCUT2D eigenvalue weighted by atomic mass is 32.2. The number of piperidine rings is 1. The van der Waals surface area contributed by atoms with Gasteiger partial charge in [-0.3, -0.25) is 9.78 Å². The summed E-state index contributed by atoms with van der Waals surface area (Å²) >= 11 is 7.11. The zero-order valence-electron chi connectivity index (χ0n) is 18.4. The summed E-state index contributed by atoms with van der Waals surface area (Å²) in [7, 11) is 0. The highest BCUT2D eigenvalue weighted by Crippen LogP contribution is 2.30. The number of nitrogens with two attached hydrogens (primary N) is 1. The number of thiocarbonyl (C=S) groups is 1. The van der Waals surface area contributed by atoms with Crippen molar-refractivity contribution in [2.45, 2.75) is 33.1 Å². The lowest BCUT2D eigenvalue weighted by Crippen LogP contribution is -2.39. The Morgan fingerprint density at radius 2 is 1.88 bits per heavy atom. The number of nitrogens with zero attached hydrogens (tertiary/aromatic N) is 2. The summed E-state index contributed by atoms with van der Waals surface area (Å²) < 4.78 is 41.2. The van der Waals surface area contributed by atoms with E-state index in [4.69, 9.17) is 18.0 Å². The van der Waals surface area contributed by atoms with Crippen LogP contribution < -0.4 is 10.5 Å². The van der Waals surface area contributed by atoms with E-state index in [0.717, 1.165) is 24.3 Å².